The highest BCUT2D eigenvalue weighted by molar-refractivity contribution is 9.10. The number of hydrogen-bond acceptors (Lipinski definition) is 4. The zero-order valence-electron chi connectivity index (χ0n) is 15.1. The summed E-state index contributed by atoms with van der Waals surface area (Å²) in [5, 5.41) is 3.95. The molecule has 0 saturated heterocycles. The molecule has 0 aromatic heterocycles. The number of halogens is 1. The molecular weight excluding hydrogens is 420 g/mol. The first-order valence-electron chi connectivity index (χ1n) is 8.49. The average Bonchev–Trinajstić information content (AvgIpc) is 2.69. The van der Waals surface area contributed by atoms with Gasteiger partial charge in [-0.15, -0.1) is 0 Å². The summed E-state index contributed by atoms with van der Waals surface area (Å²) in [6, 6.07) is 21.1. The highest BCUT2D eigenvalue weighted by Gasteiger charge is 2.08. The number of carbonyl (C=O) groups is 2. The number of amides is 1. The smallest absolute Gasteiger partial charge is 0.343 e. The minimum atomic E-state index is -0.411. The summed E-state index contributed by atoms with van der Waals surface area (Å²) < 4.78 is 6.18. The fourth-order valence-electron chi connectivity index (χ4n) is 2.42. The molecule has 0 aliphatic carbocycles. The molecule has 1 N–H and O–H groups in total. The third-order valence-corrected chi connectivity index (χ3v) is 4.30. The average molecular weight is 437 g/mol. The molecule has 0 unspecified atom stereocenters. The van der Waals surface area contributed by atoms with E-state index in [2.05, 4.69) is 26.5 Å². The van der Waals surface area contributed by atoms with E-state index in [0.29, 0.717) is 16.9 Å². The first-order chi connectivity index (χ1) is 13.5. The van der Waals surface area contributed by atoms with E-state index in [1.807, 2.05) is 25.1 Å². The topological polar surface area (TPSA) is 67.8 Å². The van der Waals surface area contributed by atoms with Gasteiger partial charge >= 0.3 is 5.97 Å². The Kier molecular flexibility index (Phi) is 6.34. The maximum absolute atomic E-state index is 12.2. The number of hydrazone groups is 1. The largest absolute Gasteiger partial charge is 0.423 e. The summed E-state index contributed by atoms with van der Waals surface area (Å²) in [7, 11) is 0. The van der Waals surface area contributed by atoms with Crippen LogP contribution in [0.1, 0.15) is 31.8 Å². The van der Waals surface area contributed by atoms with E-state index in [0.717, 1.165) is 15.6 Å². The van der Waals surface area contributed by atoms with Gasteiger partial charge in [0, 0.05) is 10.0 Å². The molecule has 5 nitrogen and oxygen atoms in total. The van der Waals surface area contributed by atoms with Crippen LogP contribution in [0.3, 0.4) is 0 Å². The zero-order valence-corrected chi connectivity index (χ0v) is 16.6. The lowest BCUT2D eigenvalue weighted by atomic mass is 10.1. The first-order valence-corrected chi connectivity index (χ1v) is 9.28. The molecule has 0 radical (unpaired) electrons. The Morgan fingerprint density at radius 3 is 2.39 bits per heavy atom. The number of benzene rings is 3. The molecule has 0 spiro atoms. The van der Waals surface area contributed by atoms with Crippen LogP contribution in [0.5, 0.6) is 5.75 Å². The summed E-state index contributed by atoms with van der Waals surface area (Å²) in [5.41, 5.74) is 5.22. The quantitative estimate of drug-likeness (QED) is 0.271. The molecule has 0 bridgehead atoms. The van der Waals surface area contributed by atoms with Gasteiger partial charge in [-0.2, -0.15) is 5.10 Å². The Balaban J connectivity index is 1.57. The molecular formula is C22H17BrN2O3. The molecule has 140 valence electrons. The van der Waals surface area contributed by atoms with Gasteiger partial charge in [0.2, 0.25) is 0 Å². The Morgan fingerprint density at radius 2 is 1.68 bits per heavy atom. The van der Waals surface area contributed by atoms with Crippen LogP contribution in [0.4, 0.5) is 0 Å². The van der Waals surface area contributed by atoms with Crippen molar-refractivity contribution < 1.29 is 14.3 Å². The summed E-state index contributed by atoms with van der Waals surface area (Å²) in [5.74, 6) is -0.283. The van der Waals surface area contributed by atoms with Crippen molar-refractivity contribution in [2.75, 3.05) is 0 Å². The second-order valence-electron chi connectivity index (χ2n) is 6.04. The van der Waals surface area contributed by atoms with Crippen molar-refractivity contribution in [2.24, 2.45) is 5.10 Å². The molecule has 0 fully saturated rings. The highest BCUT2D eigenvalue weighted by Crippen LogP contribution is 2.14. The molecule has 28 heavy (non-hydrogen) atoms. The highest BCUT2D eigenvalue weighted by atomic mass is 79.9. The van der Waals surface area contributed by atoms with E-state index in [9.17, 15) is 9.59 Å². The van der Waals surface area contributed by atoms with E-state index < -0.39 is 5.97 Å². The Hall–Kier alpha value is -3.25. The molecule has 3 rings (SSSR count). The summed E-state index contributed by atoms with van der Waals surface area (Å²) in [6.07, 6.45) is 1.52. The first kappa shape index (κ1) is 19.5. The van der Waals surface area contributed by atoms with Crippen LogP contribution in [-0.4, -0.2) is 18.1 Å². The molecule has 3 aromatic rings. The monoisotopic (exact) mass is 436 g/mol. The minimum Gasteiger partial charge on any atom is -0.423 e. The second kappa shape index (κ2) is 9.10. The Labute approximate surface area is 171 Å². The molecule has 1 amide bonds. The number of nitrogens with zero attached hydrogens (tertiary/aromatic N) is 1. The van der Waals surface area contributed by atoms with Crippen LogP contribution in [-0.2, 0) is 0 Å². The fraction of sp³-hybridized carbons (Fsp3) is 0.0455. The van der Waals surface area contributed by atoms with Crippen molar-refractivity contribution in [1.29, 1.82) is 0 Å². The zero-order chi connectivity index (χ0) is 19.9. The van der Waals surface area contributed by atoms with Gasteiger partial charge < -0.3 is 4.74 Å². The number of hydrogen-bond donors (Lipinski definition) is 1. The second-order valence-corrected chi connectivity index (χ2v) is 6.95. The van der Waals surface area contributed by atoms with Gasteiger partial charge in [0.25, 0.3) is 5.91 Å². The van der Waals surface area contributed by atoms with Crippen molar-refractivity contribution in [2.45, 2.75) is 6.92 Å². The predicted molar refractivity (Wildman–Crippen MR) is 112 cm³/mol. The lowest BCUT2D eigenvalue weighted by Gasteiger charge is -2.05. The standard InChI is InChI=1S/C22H17BrN2O3/c1-15-4-2-6-18(12-15)22(27)28-20-10-8-16(9-11-20)14-24-25-21(26)17-5-3-7-19(23)13-17/h2-14H,1H3,(H,25,26)/b24-14-. The van der Waals surface area contributed by atoms with E-state index in [1.165, 1.54) is 6.21 Å². The van der Waals surface area contributed by atoms with Crippen molar-refractivity contribution >= 4 is 34.0 Å². The van der Waals surface area contributed by atoms with Crippen LogP contribution in [0, 0.1) is 6.92 Å². The lowest BCUT2D eigenvalue weighted by molar-refractivity contribution is 0.0734. The summed E-state index contributed by atoms with van der Waals surface area (Å²) in [4.78, 5) is 24.2. The van der Waals surface area contributed by atoms with Gasteiger partial charge in [-0.1, -0.05) is 39.7 Å². The number of ether oxygens (including phenoxy) is 1. The van der Waals surface area contributed by atoms with Crippen molar-refractivity contribution in [1.82, 2.24) is 5.43 Å². The summed E-state index contributed by atoms with van der Waals surface area (Å²) >= 11 is 3.32. The SMILES string of the molecule is Cc1cccc(C(=O)Oc2ccc(/C=N\NC(=O)c3cccc(Br)c3)cc2)c1. The minimum absolute atomic E-state index is 0.304. The van der Waals surface area contributed by atoms with E-state index in [1.54, 1.807) is 54.6 Å². The fourth-order valence-corrected chi connectivity index (χ4v) is 2.82. The lowest BCUT2D eigenvalue weighted by Crippen LogP contribution is -2.17. The normalized spacial score (nSPS) is 10.6. The maximum Gasteiger partial charge on any atom is 0.343 e. The third kappa shape index (κ3) is 5.37. The van der Waals surface area contributed by atoms with Gasteiger partial charge in [-0.3, -0.25) is 4.79 Å². The molecule has 0 aliphatic rings. The van der Waals surface area contributed by atoms with Crippen LogP contribution < -0.4 is 10.2 Å². The number of aryl methyl sites for hydroxylation is 1. The van der Waals surface area contributed by atoms with Crippen molar-refractivity contribution in [3.8, 4) is 5.75 Å². The van der Waals surface area contributed by atoms with Crippen LogP contribution in [0.15, 0.2) is 82.4 Å². The predicted octanol–water partition coefficient (Wildman–Crippen LogP) is 4.74. The number of carbonyl (C=O) groups excluding carboxylic acids is 2. The van der Waals surface area contributed by atoms with Crippen LogP contribution in [0.2, 0.25) is 0 Å². The van der Waals surface area contributed by atoms with Crippen LogP contribution >= 0.6 is 15.9 Å². The van der Waals surface area contributed by atoms with E-state index >= 15 is 0 Å². The van der Waals surface area contributed by atoms with Gasteiger partial charge in [0.1, 0.15) is 5.75 Å². The van der Waals surface area contributed by atoms with E-state index in [4.69, 9.17) is 4.74 Å². The van der Waals surface area contributed by atoms with Gasteiger partial charge in [-0.05, 0) is 67.1 Å². The number of rotatable bonds is 5. The molecule has 3 aromatic carbocycles. The molecule has 0 atom stereocenters. The number of esters is 1. The Morgan fingerprint density at radius 1 is 0.964 bits per heavy atom. The van der Waals surface area contributed by atoms with Gasteiger partial charge in [-0.25, -0.2) is 10.2 Å². The molecule has 0 heterocycles. The van der Waals surface area contributed by atoms with Crippen molar-refractivity contribution in [3.05, 3.63) is 99.5 Å². The number of nitrogens with one attached hydrogen (secondary N) is 1. The Bertz CT molecular complexity index is 1030. The molecule has 0 aliphatic heterocycles. The van der Waals surface area contributed by atoms with Gasteiger partial charge in [0.05, 0.1) is 11.8 Å². The summed E-state index contributed by atoms with van der Waals surface area (Å²) in [6.45, 7) is 1.92. The molecule has 0 saturated carbocycles. The maximum atomic E-state index is 12.2. The van der Waals surface area contributed by atoms with Crippen LogP contribution in [0.25, 0.3) is 0 Å². The van der Waals surface area contributed by atoms with Crippen molar-refractivity contribution in [3.63, 3.8) is 0 Å². The van der Waals surface area contributed by atoms with Gasteiger partial charge in [0.15, 0.2) is 0 Å². The molecule has 6 heteroatoms. The third-order valence-electron chi connectivity index (χ3n) is 3.81. The van der Waals surface area contributed by atoms with E-state index in [-0.39, 0.29) is 5.91 Å².